The minimum atomic E-state index is -1.04. The average molecular weight is 288 g/mol. The average Bonchev–Trinajstić information content (AvgIpc) is 2.42. The monoisotopic (exact) mass is 287 g/mol. The summed E-state index contributed by atoms with van der Waals surface area (Å²) in [5.41, 5.74) is 1.18. The van der Waals surface area contributed by atoms with Crippen molar-refractivity contribution >= 4 is 17.6 Å². The number of aromatic carboxylic acids is 1. The number of ether oxygens (including phenoxy) is 1. The topological polar surface area (TPSA) is 70.3 Å². The second-order valence-electron chi connectivity index (χ2n) is 4.14. The molecule has 0 unspecified atom stereocenters. The molecule has 0 bridgehead atoms. The van der Waals surface area contributed by atoms with Gasteiger partial charge in [0.15, 0.2) is 0 Å². The summed E-state index contributed by atoms with van der Waals surface area (Å²) in [5, 5.41) is 18.5. The van der Waals surface area contributed by atoms with Crippen LogP contribution in [0.2, 0.25) is 5.02 Å². The smallest absolute Gasteiger partial charge is 0.335 e. The summed E-state index contributed by atoms with van der Waals surface area (Å²) in [6.07, 6.45) is 0. The number of hydrogen-bond acceptors (Lipinski definition) is 3. The Morgan fingerprint density at radius 2 is 2.00 bits per heavy atom. The molecule has 4 nitrogen and oxygen atoms in total. The number of aryl methyl sites for hydroxylation is 1. The molecule has 20 heavy (non-hydrogen) atoms. The van der Waals surface area contributed by atoms with E-state index in [1.54, 1.807) is 25.1 Å². The molecular weight excluding hydrogens is 278 g/mol. The zero-order chi connectivity index (χ0) is 14.7. The van der Waals surface area contributed by atoms with Crippen LogP contribution in [0.1, 0.15) is 21.5 Å². The lowest BCUT2D eigenvalue weighted by molar-refractivity contribution is 0.0696. The summed E-state index contributed by atoms with van der Waals surface area (Å²) in [7, 11) is 0. The standard InChI is InChI=1S/C15H10ClNO3/c1-9-2-3-10(15(18)19)7-14(9)20-13-5-4-12(16)6-11(13)8-17/h2-7H,1H3,(H,18,19). The van der Waals surface area contributed by atoms with Crippen LogP contribution in [0.5, 0.6) is 11.5 Å². The van der Waals surface area contributed by atoms with Gasteiger partial charge < -0.3 is 9.84 Å². The van der Waals surface area contributed by atoms with Gasteiger partial charge in [-0.15, -0.1) is 0 Å². The van der Waals surface area contributed by atoms with Gasteiger partial charge in [-0.25, -0.2) is 4.79 Å². The molecule has 1 N–H and O–H groups in total. The van der Waals surface area contributed by atoms with Gasteiger partial charge in [-0.2, -0.15) is 5.26 Å². The lowest BCUT2D eigenvalue weighted by atomic mass is 10.1. The van der Waals surface area contributed by atoms with E-state index in [-0.39, 0.29) is 11.1 Å². The zero-order valence-electron chi connectivity index (χ0n) is 10.6. The predicted octanol–water partition coefficient (Wildman–Crippen LogP) is 4.01. The van der Waals surface area contributed by atoms with Gasteiger partial charge in [0.05, 0.1) is 11.1 Å². The number of rotatable bonds is 3. The summed E-state index contributed by atoms with van der Waals surface area (Å²) in [6.45, 7) is 1.79. The van der Waals surface area contributed by atoms with Crippen molar-refractivity contribution in [1.82, 2.24) is 0 Å². The van der Waals surface area contributed by atoms with E-state index < -0.39 is 5.97 Å². The molecule has 0 aliphatic rings. The Bertz CT molecular complexity index is 720. The molecule has 2 aromatic carbocycles. The first-order valence-electron chi connectivity index (χ1n) is 5.72. The second kappa shape index (κ2) is 5.64. The molecule has 0 saturated heterocycles. The molecule has 0 aliphatic heterocycles. The number of halogens is 1. The third-order valence-electron chi connectivity index (χ3n) is 2.72. The van der Waals surface area contributed by atoms with Crippen molar-refractivity contribution in [2.75, 3.05) is 0 Å². The highest BCUT2D eigenvalue weighted by atomic mass is 35.5. The van der Waals surface area contributed by atoms with Gasteiger partial charge in [0.1, 0.15) is 17.6 Å². The van der Waals surface area contributed by atoms with Gasteiger partial charge in [0.2, 0.25) is 0 Å². The maximum Gasteiger partial charge on any atom is 0.335 e. The fraction of sp³-hybridized carbons (Fsp3) is 0.0667. The van der Waals surface area contributed by atoms with Crippen molar-refractivity contribution in [3.63, 3.8) is 0 Å². The highest BCUT2D eigenvalue weighted by Crippen LogP contribution is 2.30. The van der Waals surface area contributed by atoms with Gasteiger partial charge in [0.25, 0.3) is 0 Å². The van der Waals surface area contributed by atoms with Crippen LogP contribution in [0.4, 0.5) is 0 Å². The van der Waals surface area contributed by atoms with E-state index in [1.807, 2.05) is 6.07 Å². The van der Waals surface area contributed by atoms with E-state index in [1.165, 1.54) is 18.2 Å². The van der Waals surface area contributed by atoms with E-state index in [0.717, 1.165) is 5.56 Å². The van der Waals surface area contributed by atoms with Gasteiger partial charge in [-0.05, 0) is 42.8 Å². The fourth-order valence-corrected chi connectivity index (χ4v) is 1.81. The molecular formula is C15H10ClNO3. The lowest BCUT2D eigenvalue weighted by Gasteiger charge is -2.11. The number of nitrogens with zero attached hydrogens (tertiary/aromatic N) is 1. The van der Waals surface area contributed by atoms with Gasteiger partial charge in [-0.1, -0.05) is 17.7 Å². The minimum Gasteiger partial charge on any atom is -0.478 e. The van der Waals surface area contributed by atoms with E-state index in [9.17, 15) is 4.79 Å². The maximum atomic E-state index is 11.0. The quantitative estimate of drug-likeness (QED) is 0.926. The Kier molecular flexibility index (Phi) is 3.92. The summed E-state index contributed by atoms with van der Waals surface area (Å²) in [4.78, 5) is 11.0. The molecule has 0 aliphatic carbocycles. The minimum absolute atomic E-state index is 0.123. The molecule has 0 atom stereocenters. The van der Waals surface area contributed by atoms with Crippen LogP contribution in [0.25, 0.3) is 0 Å². The summed E-state index contributed by atoms with van der Waals surface area (Å²) in [6, 6.07) is 11.2. The molecule has 0 saturated carbocycles. The normalized spacial score (nSPS) is 9.85. The largest absolute Gasteiger partial charge is 0.478 e. The van der Waals surface area contributed by atoms with Gasteiger partial charge in [-0.3, -0.25) is 0 Å². The zero-order valence-corrected chi connectivity index (χ0v) is 11.3. The molecule has 0 fully saturated rings. The molecule has 0 heterocycles. The molecule has 0 aromatic heterocycles. The first-order valence-corrected chi connectivity index (χ1v) is 6.10. The summed E-state index contributed by atoms with van der Waals surface area (Å²) < 4.78 is 5.63. The number of carboxylic acids is 1. The third-order valence-corrected chi connectivity index (χ3v) is 2.95. The number of benzene rings is 2. The maximum absolute atomic E-state index is 11.0. The highest BCUT2D eigenvalue weighted by molar-refractivity contribution is 6.30. The van der Waals surface area contributed by atoms with E-state index in [4.69, 9.17) is 26.7 Å². The Balaban J connectivity index is 2.42. The van der Waals surface area contributed by atoms with E-state index in [2.05, 4.69) is 0 Å². The number of carbonyl (C=O) groups is 1. The Morgan fingerprint density at radius 1 is 1.25 bits per heavy atom. The van der Waals surface area contributed by atoms with Crippen molar-refractivity contribution in [1.29, 1.82) is 5.26 Å². The number of nitriles is 1. The molecule has 2 aromatic rings. The molecule has 0 spiro atoms. The Morgan fingerprint density at radius 3 is 2.65 bits per heavy atom. The van der Waals surface area contributed by atoms with Crippen LogP contribution in [-0.4, -0.2) is 11.1 Å². The second-order valence-corrected chi connectivity index (χ2v) is 4.58. The number of hydrogen-bond donors (Lipinski definition) is 1. The van der Waals surface area contributed by atoms with Crippen molar-refractivity contribution < 1.29 is 14.6 Å². The van der Waals surface area contributed by atoms with Crippen molar-refractivity contribution in [2.24, 2.45) is 0 Å². The summed E-state index contributed by atoms with van der Waals surface area (Å²) >= 11 is 5.81. The number of carboxylic acid groups (broad SMARTS) is 1. The molecule has 0 radical (unpaired) electrons. The fourth-order valence-electron chi connectivity index (χ4n) is 1.64. The van der Waals surface area contributed by atoms with Gasteiger partial charge >= 0.3 is 5.97 Å². The SMILES string of the molecule is Cc1ccc(C(=O)O)cc1Oc1ccc(Cl)cc1C#N. The van der Waals surface area contributed by atoms with Crippen LogP contribution >= 0.6 is 11.6 Å². The first-order chi connectivity index (χ1) is 9.51. The third kappa shape index (κ3) is 2.90. The van der Waals surface area contributed by atoms with Gasteiger partial charge in [0, 0.05) is 5.02 Å². The van der Waals surface area contributed by atoms with Crippen LogP contribution in [0, 0.1) is 18.3 Å². The van der Waals surface area contributed by atoms with Crippen LogP contribution in [0.15, 0.2) is 36.4 Å². The first kappa shape index (κ1) is 13.9. The molecule has 100 valence electrons. The van der Waals surface area contributed by atoms with E-state index in [0.29, 0.717) is 16.5 Å². The Labute approximate surface area is 120 Å². The van der Waals surface area contributed by atoms with Crippen molar-refractivity contribution in [2.45, 2.75) is 6.92 Å². The van der Waals surface area contributed by atoms with Crippen LogP contribution in [-0.2, 0) is 0 Å². The van der Waals surface area contributed by atoms with Crippen molar-refractivity contribution in [3.05, 3.63) is 58.1 Å². The van der Waals surface area contributed by atoms with E-state index >= 15 is 0 Å². The Hall–Kier alpha value is -2.51. The van der Waals surface area contributed by atoms with Crippen molar-refractivity contribution in [3.8, 4) is 17.6 Å². The van der Waals surface area contributed by atoms with Crippen LogP contribution < -0.4 is 4.74 Å². The molecule has 2 rings (SSSR count). The summed E-state index contributed by atoms with van der Waals surface area (Å²) in [5.74, 6) is -0.308. The molecule has 0 amide bonds. The predicted molar refractivity (Wildman–Crippen MR) is 74.4 cm³/mol. The highest BCUT2D eigenvalue weighted by Gasteiger charge is 2.10. The molecule has 5 heteroatoms. The van der Waals surface area contributed by atoms with Crippen LogP contribution in [0.3, 0.4) is 0 Å². The lowest BCUT2D eigenvalue weighted by Crippen LogP contribution is -1.98.